The molecule has 2 rings (SSSR count). The average molecular weight is 387 g/mol. The molecule has 1 fully saturated rings. The van der Waals surface area contributed by atoms with Gasteiger partial charge in [0.05, 0.1) is 10.0 Å². The first-order valence-electron chi connectivity index (χ1n) is 8.06. The van der Waals surface area contributed by atoms with Crippen molar-refractivity contribution in [3.05, 3.63) is 22.8 Å². The van der Waals surface area contributed by atoms with Crippen LogP contribution < -0.4 is 0 Å². The predicted octanol–water partition coefficient (Wildman–Crippen LogP) is 3.85. The number of carboxylic acids is 1. The third-order valence-corrected chi connectivity index (χ3v) is 5.14. The Kier molecular flexibility index (Phi) is 6.21. The van der Waals surface area contributed by atoms with E-state index in [0.717, 1.165) is 28.3 Å². The van der Waals surface area contributed by atoms with Crippen LogP contribution in [0.5, 0.6) is 0 Å². The lowest BCUT2D eigenvalue weighted by atomic mass is 10.1. The second kappa shape index (κ2) is 7.83. The molecule has 25 heavy (non-hydrogen) atoms. The van der Waals surface area contributed by atoms with Crippen LogP contribution in [0.4, 0.5) is 4.79 Å². The van der Waals surface area contributed by atoms with E-state index >= 15 is 0 Å². The lowest BCUT2D eigenvalue weighted by molar-refractivity contribution is -0.142. The molecule has 138 valence electrons. The van der Waals surface area contributed by atoms with Gasteiger partial charge < -0.3 is 9.84 Å². The van der Waals surface area contributed by atoms with Gasteiger partial charge in [0.2, 0.25) is 0 Å². The Morgan fingerprint density at radius 1 is 1.48 bits per heavy atom. The monoisotopic (exact) mass is 386 g/mol. The fourth-order valence-electron chi connectivity index (χ4n) is 2.12. The van der Waals surface area contributed by atoms with Gasteiger partial charge in [0.25, 0.3) is 0 Å². The van der Waals surface area contributed by atoms with Crippen molar-refractivity contribution in [1.82, 2.24) is 9.88 Å². The summed E-state index contributed by atoms with van der Waals surface area (Å²) in [5.74, 6) is -1.10. The van der Waals surface area contributed by atoms with E-state index in [1.165, 1.54) is 7.05 Å². The Hall–Kier alpha value is -1.47. The van der Waals surface area contributed by atoms with E-state index in [4.69, 9.17) is 16.3 Å². The summed E-state index contributed by atoms with van der Waals surface area (Å²) in [4.78, 5) is 29.4. The molecule has 1 aromatic rings. The summed E-state index contributed by atoms with van der Waals surface area (Å²) < 4.78 is 5.27. The number of ether oxygens (including phenoxy) is 1. The summed E-state index contributed by atoms with van der Waals surface area (Å²) in [6, 6.07) is 0.659. The summed E-state index contributed by atoms with van der Waals surface area (Å²) in [7, 11) is 1.43. The molecule has 8 heteroatoms. The molecule has 1 N–H and O–H groups in total. The van der Waals surface area contributed by atoms with E-state index in [1.807, 2.05) is 0 Å². The van der Waals surface area contributed by atoms with Gasteiger partial charge in [0, 0.05) is 24.9 Å². The molecule has 0 aromatic carbocycles. The summed E-state index contributed by atoms with van der Waals surface area (Å²) in [6.45, 7) is 5.21. The van der Waals surface area contributed by atoms with Crippen LogP contribution >= 0.6 is 23.4 Å². The molecule has 1 atom stereocenters. The molecule has 1 aromatic heterocycles. The maximum atomic E-state index is 12.2. The van der Waals surface area contributed by atoms with Crippen LogP contribution in [0, 0.1) is 0 Å². The number of aromatic nitrogens is 1. The lowest BCUT2D eigenvalue weighted by Crippen LogP contribution is -2.46. The second-order valence-corrected chi connectivity index (χ2v) is 8.81. The minimum atomic E-state index is -1.10. The molecule has 0 aliphatic heterocycles. The van der Waals surface area contributed by atoms with Gasteiger partial charge in [-0.1, -0.05) is 11.6 Å². The van der Waals surface area contributed by atoms with Crippen LogP contribution in [0.3, 0.4) is 0 Å². The zero-order chi connectivity index (χ0) is 18.8. The van der Waals surface area contributed by atoms with Crippen molar-refractivity contribution in [2.24, 2.45) is 0 Å². The minimum absolute atomic E-state index is 0.119. The largest absolute Gasteiger partial charge is 0.480 e. The number of aliphatic carboxylic acids is 1. The molecule has 1 saturated carbocycles. The van der Waals surface area contributed by atoms with Crippen LogP contribution in [-0.4, -0.2) is 51.0 Å². The first-order valence-corrected chi connectivity index (χ1v) is 9.32. The molecule has 0 radical (unpaired) electrons. The van der Waals surface area contributed by atoms with E-state index in [-0.39, 0.29) is 6.42 Å². The number of carbonyl (C=O) groups is 2. The quantitative estimate of drug-likeness (QED) is 0.799. The SMILES string of the molecule is CN(C(=O)OC(C)(C)C)[C@@H](Cc1cc(Cl)cnc1SC1CC1)C(=O)O. The van der Waals surface area contributed by atoms with E-state index in [2.05, 4.69) is 4.98 Å². The number of rotatable bonds is 6. The maximum absolute atomic E-state index is 12.2. The van der Waals surface area contributed by atoms with Gasteiger partial charge in [0.15, 0.2) is 0 Å². The Balaban J connectivity index is 2.19. The van der Waals surface area contributed by atoms with Crippen LogP contribution in [0.25, 0.3) is 0 Å². The molecular weight excluding hydrogens is 364 g/mol. The Bertz CT molecular complexity index is 659. The number of hydrogen-bond acceptors (Lipinski definition) is 5. The van der Waals surface area contributed by atoms with Gasteiger partial charge in [-0.2, -0.15) is 0 Å². The zero-order valence-electron chi connectivity index (χ0n) is 14.8. The van der Waals surface area contributed by atoms with Crippen LogP contribution in [-0.2, 0) is 16.0 Å². The molecule has 0 spiro atoms. The fourth-order valence-corrected chi connectivity index (χ4v) is 3.40. The minimum Gasteiger partial charge on any atom is -0.480 e. The lowest BCUT2D eigenvalue weighted by Gasteiger charge is -2.28. The van der Waals surface area contributed by atoms with E-state index < -0.39 is 23.7 Å². The maximum Gasteiger partial charge on any atom is 0.410 e. The van der Waals surface area contributed by atoms with Crippen LogP contribution in [0.1, 0.15) is 39.2 Å². The van der Waals surface area contributed by atoms with Crippen LogP contribution in [0.15, 0.2) is 17.3 Å². The van der Waals surface area contributed by atoms with Crippen molar-refractivity contribution in [3.63, 3.8) is 0 Å². The van der Waals surface area contributed by atoms with Crippen LogP contribution in [0.2, 0.25) is 5.02 Å². The first-order chi connectivity index (χ1) is 11.6. The van der Waals surface area contributed by atoms with Gasteiger partial charge in [-0.05, 0) is 45.2 Å². The van der Waals surface area contributed by atoms with Crippen molar-refractivity contribution < 1.29 is 19.4 Å². The molecule has 6 nitrogen and oxygen atoms in total. The van der Waals surface area contributed by atoms with Crippen molar-refractivity contribution in [1.29, 1.82) is 0 Å². The number of amides is 1. The number of likely N-dealkylation sites (N-methyl/N-ethyl adjacent to an activating group) is 1. The number of pyridine rings is 1. The van der Waals surface area contributed by atoms with Gasteiger partial charge in [-0.15, -0.1) is 11.8 Å². The summed E-state index contributed by atoms with van der Waals surface area (Å²) in [5, 5.41) is 11.3. The molecule has 1 aliphatic carbocycles. The number of thioether (sulfide) groups is 1. The van der Waals surface area contributed by atoms with E-state index in [9.17, 15) is 14.7 Å². The molecule has 0 saturated heterocycles. The summed E-state index contributed by atoms with van der Waals surface area (Å²) >= 11 is 7.67. The summed E-state index contributed by atoms with van der Waals surface area (Å²) in [6.07, 6.45) is 3.27. The second-order valence-electron chi connectivity index (χ2n) is 7.08. The zero-order valence-corrected chi connectivity index (χ0v) is 16.4. The van der Waals surface area contributed by atoms with Crippen molar-refractivity contribution >= 4 is 35.4 Å². The molecule has 1 aliphatic rings. The highest BCUT2D eigenvalue weighted by atomic mass is 35.5. The Labute approximate surface area is 156 Å². The molecule has 1 heterocycles. The topological polar surface area (TPSA) is 79.7 Å². The highest BCUT2D eigenvalue weighted by molar-refractivity contribution is 8.00. The molecule has 0 bridgehead atoms. The Morgan fingerprint density at radius 3 is 2.64 bits per heavy atom. The molecule has 1 amide bonds. The van der Waals surface area contributed by atoms with E-state index in [0.29, 0.717) is 10.3 Å². The number of nitrogens with zero attached hydrogens (tertiary/aromatic N) is 2. The number of carboxylic acid groups (broad SMARTS) is 1. The predicted molar refractivity (Wildman–Crippen MR) is 97.3 cm³/mol. The van der Waals surface area contributed by atoms with Crippen molar-refractivity contribution in [2.75, 3.05) is 7.05 Å². The van der Waals surface area contributed by atoms with Crippen molar-refractivity contribution in [3.8, 4) is 0 Å². The smallest absolute Gasteiger partial charge is 0.410 e. The average Bonchev–Trinajstić information content (AvgIpc) is 3.28. The highest BCUT2D eigenvalue weighted by Gasteiger charge is 2.32. The fraction of sp³-hybridized carbons (Fsp3) is 0.588. The number of hydrogen-bond donors (Lipinski definition) is 1. The third-order valence-electron chi connectivity index (χ3n) is 3.54. The number of halogens is 1. The van der Waals surface area contributed by atoms with Crippen molar-refractivity contribution in [2.45, 2.75) is 62.0 Å². The highest BCUT2D eigenvalue weighted by Crippen LogP contribution is 2.40. The first kappa shape index (κ1) is 19.8. The van der Waals surface area contributed by atoms with Gasteiger partial charge in [0.1, 0.15) is 11.6 Å². The van der Waals surface area contributed by atoms with E-state index in [1.54, 1.807) is 44.8 Å². The molecular formula is C17H23ClN2O4S. The van der Waals surface area contributed by atoms with Gasteiger partial charge in [-0.3, -0.25) is 4.90 Å². The Morgan fingerprint density at radius 2 is 2.12 bits per heavy atom. The molecule has 0 unspecified atom stereocenters. The van der Waals surface area contributed by atoms with Gasteiger partial charge >= 0.3 is 12.1 Å². The standard InChI is InChI=1S/C17H23ClN2O4S/c1-17(2,3)24-16(23)20(4)13(15(21)22)8-10-7-11(18)9-19-14(10)25-12-5-6-12/h7,9,12-13H,5-6,8H2,1-4H3,(H,21,22)/t13-/m0/s1. The number of carbonyl (C=O) groups excluding carboxylic acids is 1. The van der Waals surface area contributed by atoms with Gasteiger partial charge in [-0.25, -0.2) is 14.6 Å². The summed E-state index contributed by atoms with van der Waals surface area (Å²) in [5.41, 5.74) is 0.0335. The third kappa shape index (κ3) is 6.08. The normalized spacial score (nSPS) is 15.6.